The van der Waals surface area contributed by atoms with Crippen LogP contribution in [0.2, 0.25) is 0 Å². The van der Waals surface area contributed by atoms with Gasteiger partial charge in [0, 0.05) is 11.3 Å². The minimum Gasteiger partial charge on any atom is -0.389 e. The van der Waals surface area contributed by atoms with Crippen molar-refractivity contribution in [3.8, 4) is 0 Å². The van der Waals surface area contributed by atoms with Gasteiger partial charge in [0.2, 0.25) is 0 Å². The lowest BCUT2D eigenvalue weighted by molar-refractivity contribution is -0.151. The van der Waals surface area contributed by atoms with Crippen LogP contribution in [-0.4, -0.2) is 21.7 Å². The smallest absolute Gasteiger partial charge is 0.389 e. The zero-order valence-electron chi connectivity index (χ0n) is 9.64. The number of nitrogens with two attached hydrogens (primary N) is 1. The van der Waals surface area contributed by atoms with E-state index in [1.807, 2.05) is 0 Å². The lowest BCUT2D eigenvalue weighted by atomic mass is 10.2. The molecule has 98 valence electrons. The number of anilines is 1. The maximum atomic E-state index is 12.8. The summed E-state index contributed by atoms with van der Waals surface area (Å²) in [6, 6.07) is 3.09. The van der Waals surface area contributed by atoms with Crippen LogP contribution in [-0.2, 0) is 0 Å². The molecule has 0 aromatic carbocycles. The van der Waals surface area contributed by atoms with Gasteiger partial charge in [0.05, 0.1) is 0 Å². The predicted molar refractivity (Wildman–Crippen MR) is 66.5 cm³/mol. The highest BCUT2D eigenvalue weighted by Gasteiger charge is 2.63. The highest BCUT2D eigenvalue weighted by Crippen LogP contribution is 2.50. The molecule has 1 heterocycles. The SMILES string of the molecule is Cc1cc(C(N)=S)cc(NC2(C(F)(F)F)CC2)n1. The minimum absolute atomic E-state index is 0.0640. The quantitative estimate of drug-likeness (QED) is 0.832. The molecule has 0 unspecified atom stereocenters. The van der Waals surface area contributed by atoms with Gasteiger partial charge in [-0.1, -0.05) is 12.2 Å². The average molecular weight is 275 g/mol. The number of thiocarbonyl (C=S) groups is 1. The van der Waals surface area contributed by atoms with Crippen LogP contribution in [0.5, 0.6) is 0 Å². The normalized spacial score (nSPS) is 17.3. The van der Waals surface area contributed by atoms with E-state index in [-0.39, 0.29) is 23.6 Å². The first-order valence-corrected chi connectivity index (χ1v) is 5.78. The van der Waals surface area contributed by atoms with Gasteiger partial charge < -0.3 is 11.1 Å². The molecule has 1 aliphatic rings. The van der Waals surface area contributed by atoms with E-state index in [1.54, 1.807) is 13.0 Å². The molecule has 0 spiro atoms. The van der Waals surface area contributed by atoms with E-state index >= 15 is 0 Å². The molecular formula is C11H12F3N3S. The summed E-state index contributed by atoms with van der Waals surface area (Å²) in [5.74, 6) is 0.160. The van der Waals surface area contributed by atoms with Crippen LogP contribution >= 0.6 is 12.2 Å². The summed E-state index contributed by atoms with van der Waals surface area (Å²) < 4.78 is 38.4. The largest absolute Gasteiger partial charge is 0.411 e. The number of pyridine rings is 1. The molecule has 1 fully saturated rings. The Kier molecular flexibility index (Phi) is 2.96. The van der Waals surface area contributed by atoms with Gasteiger partial charge in [-0.2, -0.15) is 13.2 Å². The lowest BCUT2D eigenvalue weighted by Gasteiger charge is -2.21. The second-order valence-electron chi connectivity index (χ2n) is 4.45. The summed E-state index contributed by atoms with van der Waals surface area (Å²) in [5, 5.41) is 2.45. The number of hydrogen-bond acceptors (Lipinski definition) is 3. The van der Waals surface area contributed by atoms with E-state index in [2.05, 4.69) is 10.3 Å². The van der Waals surface area contributed by atoms with Gasteiger partial charge in [-0.15, -0.1) is 0 Å². The van der Waals surface area contributed by atoms with Crippen LogP contribution in [0.25, 0.3) is 0 Å². The van der Waals surface area contributed by atoms with Crippen molar-refractivity contribution < 1.29 is 13.2 Å². The molecule has 2 rings (SSSR count). The Hall–Kier alpha value is -1.37. The zero-order valence-corrected chi connectivity index (χ0v) is 10.5. The molecule has 1 saturated carbocycles. The van der Waals surface area contributed by atoms with Crippen LogP contribution in [0.3, 0.4) is 0 Å². The molecule has 0 radical (unpaired) electrons. The fourth-order valence-corrected chi connectivity index (χ4v) is 1.84. The van der Waals surface area contributed by atoms with Gasteiger partial charge in [0.15, 0.2) is 0 Å². The standard InChI is InChI=1S/C11H12F3N3S/c1-6-4-7(9(15)18)5-8(16-6)17-10(2-3-10)11(12,13)14/h4-5H,2-3H2,1H3,(H2,15,18)(H,16,17). The maximum Gasteiger partial charge on any atom is 0.411 e. The lowest BCUT2D eigenvalue weighted by Crippen LogP contribution is -2.39. The third kappa shape index (κ3) is 2.40. The number of nitrogens with one attached hydrogen (secondary N) is 1. The van der Waals surface area contributed by atoms with Gasteiger partial charge in [0.25, 0.3) is 0 Å². The van der Waals surface area contributed by atoms with Crippen molar-refractivity contribution in [1.82, 2.24) is 4.98 Å². The van der Waals surface area contributed by atoms with Crippen LogP contribution in [0.4, 0.5) is 19.0 Å². The van der Waals surface area contributed by atoms with Gasteiger partial charge in [-0.05, 0) is 31.9 Å². The van der Waals surface area contributed by atoms with Gasteiger partial charge >= 0.3 is 6.18 Å². The molecule has 0 aliphatic heterocycles. The molecule has 7 heteroatoms. The van der Waals surface area contributed by atoms with Gasteiger partial charge in [-0.25, -0.2) is 4.98 Å². The van der Waals surface area contributed by atoms with Gasteiger partial charge in [-0.3, -0.25) is 0 Å². The molecule has 18 heavy (non-hydrogen) atoms. The Morgan fingerprint density at radius 2 is 2.06 bits per heavy atom. The zero-order chi connectivity index (χ0) is 13.6. The molecule has 1 aromatic rings. The molecule has 0 atom stereocenters. The van der Waals surface area contributed by atoms with Gasteiger partial charge in [0.1, 0.15) is 16.3 Å². The Bertz CT molecular complexity index is 495. The third-order valence-corrected chi connectivity index (χ3v) is 3.13. The molecule has 3 N–H and O–H groups in total. The summed E-state index contributed by atoms with van der Waals surface area (Å²) in [6.07, 6.45) is -4.15. The fourth-order valence-electron chi connectivity index (χ4n) is 1.72. The van der Waals surface area contributed by atoms with E-state index in [0.29, 0.717) is 11.3 Å². The number of hydrogen-bond donors (Lipinski definition) is 2. The number of rotatable bonds is 3. The van der Waals surface area contributed by atoms with Crippen LogP contribution in [0.15, 0.2) is 12.1 Å². The van der Waals surface area contributed by atoms with Crippen molar-refractivity contribution >= 4 is 23.0 Å². The molecule has 1 aliphatic carbocycles. The molecule has 0 bridgehead atoms. The molecule has 0 saturated heterocycles. The number of nitrogens with zero attached hydrogens (tertiary/aromatic N) is 1. The molecule has 1 aromatic heterocycles. The van der Waals surface area contributed by atoms with E-state index in [4.69, 9.17) is 18.0 Å². The summed E-state index contributed by atoms with van der Waals surface area (Å²) in [4.78, 5) is 4.17. The van der Waals surface area contributed by atoms with Crippen molar-refractivity contribution in [3.05, 3.63) is 23.4 Å². The Labute approximate surface area is 108 Å². The molecular weight excluding hydrogens is 263 g/mol. The summed E-state index contributed by atoms with van der Waals surface area (Å²) >= 11 is 4.81. The number of aromatic nitrogens is 1. The number of aryl methyl sites for hydroxylation is 1. The van der Waals surface area contributed by atoms with Crippen molar-refractivity contribution in [1.29, 1.82) is 0 Å². The third-order valence-electron chi connectivity index (χ3n) is 2.90. The topological polar surface area (TPSA) is 50.9 Å². The van der Waals surface area contributed by atoms with E-state index < -0.39 is 11.7 Å². The van der Waals surface area contributed by atoms with Crippen LogP contribution < -0.4 is 11.1 Å². The van der Waals surface area contributed by atoms with Crippen molar-refractivity contribution in [3.63, 3.8) is 0 Å². The van der Waals surface area contributed by atoms with Crippen LogP contribution in [0, 0.1) is 6.92 Å². The minimum atomic E-state index is -4.28. The summed E-state index contributed by atoms with van der Waals surface area (Å²) in [7, 11) is 0. The number of halogens is 3. The Morgan fingerprint density at radius 3 is 2.50 bits per heavy atom. The first kappa shape index (κ1) is 13.1. The second-order valence-corrected chi connectivity index (χ2v) is 4.89. The Balaban J connectivity index is 2.28. The van der Waals surface area contributed by atoms with Crippen molar-refractivity contribution in [2.75, 3.05) is 5.32 Å². The monoisotopic (exact) mass is 275 g/mol. The molecule has 0 amide bonds. The fraction of sp³-hybridized carbons (Fsp3) is 0.455. The van der Waals surface area contributed by atoms with Crippen molar-refractivity contribution in [2.45, 2.75) is 31.5 Å². The first-order chi connectivity index (χ1) is 8.23. The highest BCUT2D eigenvalue weighted by atomic mass is 32.1. The Morgan fingerprint density at radius 1 is 1.44 bits per heavy atom. The maximum absolute atomic E-state index is 12.8. The predicted octanol–water partition coefficient (Wildman–Crippen LogP) is 2.53. The second kappa shape index (κ2) is 4.08. The highest BCUT2D eigenvalue weighted by molar-refractivity contribution is 7.80. The number of alkyl halides is 3. The van der Waals surface area contributed by atoms with Crippen molar-refractivity contribution in [2.24, 2.45) is 5.73 Å². The summed E-state index contributed by atoms with van der Waals surface area (Å²) in [6.45, 7) is 1.68. The summed E-state index contributed by atoms with van der Waals surface area (Å²) in [5.41, 5.74) is 4.72. The molecule has 3 nitrogen and oxygen atoms in total. The van der Waals surface area contributed by atoms with Crippen LogP contribution in [0.1, 0.15) is 24.1 Å². The van der Waals surface area contributed by atoms with E-state index in [0.717, 1.165) is 0 Å². The van der Waals surface area contributed by atoms with E-state index in [9.17, 15) is 13.2 Å². The first-order valence-electron chi connectivity index (χ1n) is 5.37. The van der Waals surface area contributed by atoms with E-state index in [1.165, 1.54) is 6.07 Å². The average Bonchev–Trinajstić information content (AvgIpc) is 2.96.